The van der Waals surface area contributed by atoms with Gasteiger partial charge in [0.2, 0.25) is 0 Å². The second-order valence-corrected chi connectivity index (χ2v) is 6.52. The van der Waals surface area contributed by atoms with E-state index in [-0.39, 0.29) is 5.97 Å². The molecule has 2 aromatic carbocycles. The third kappa shape index (κ3) is 3.60. The van der Waals surface area contributed by atoms with E-state index in [1.54, 1.807) is 7.11 Å². The number of ether oxygens (including phenoxy) is 2. The monoisotopic (exact) mass is 336 g/mol. The maximum absolute atomic E-state index is 12.7. The number of hydrogen-bond acceptors (Lipinski definition) is 3. The van der Waals surface area contributed by atoms with Gasteiger partial charge in [0.15, 0.2) is 0 Å². The normalized spacial score (nSPS) is 20.0. The first kappa shape index (κ1) is 17.3. The maximum atomic E-state index is 12.7. The van der Waals surface area contributed by atoms with Crippen molar-refractivity contribution in [2.45, 2.75) is 31.1 Å². The minimum Gasteiger partial charge on any atom is -0.497 e. The molecule has 0 aromatic heterocycles. The Morgan fingerprint density at radius 2 is 1.72 bits per heavy atom. The largest absolute Gasteiger partial charge is 0.497 e. The van der Waals surface area contributed by atoms with Gasteiger partial charge in [-0.3, -0.25) is 4.79 Å². The van der Waals surface area contributed by atoms with Crippen molar-refractivity contribution in [3.63, 3.8) is 0 Å². The van der Waals surface area contributed by atoms with Crippen LogP contribution in [-0.4, -0.2) is 20.2 Å². The van der Waals surface area contributed by atoms with Gasteiger partial charge in [0, 0.05) is 0 Å². The summed E-state index contributed by atoms with van der Waals surface area (Å²) < 4.78 is 10.5. The van der Waals surface area contributed by atoms with Gasteiger partial charge in [-0.1, -0.05) is 54.1 Å². The van der Waals surface area contributed by atoms with Gasteiger partial charge >= 0.3 is 5.97 Å². The van der Waals surface area contributed by atoms with Crippen LogP contribution >= 0.6 is 0 Å². The van der Waals surface area contributed by atoms with Crippen molar-refractivity contribution in [2.24, 2.45) is 0 Å². The molecule has 2 aromatic rings. The summed E-state index contributed by atoms with van der Waals surface area (Å²) >= 11 is 0. The smallest absolute Gasteiger partial charge is 0.316 e. The predicted molar refractivity (Wildman–Crippen MR) is 99.6 cm³/mol. The molecule has 0 aliphatic heterocycles. The van der Waals surface area contributed by atoms with Crippen LogP contribution in [-0.2, 0) is 14.9 Å². The van der Waals surface area contributed by atoms with Crippen molar-refractivity contribution < 1.29 is 14.3 Å². The molecule has 0 amide bonds. The molecule has 1 saturated carbocycles. The third-order valence-corrected chi connectivity index (χ3v) is 5.11. The summed E-state index contributed by atoms with van der Waals surface area (Å²) in [5.74, 6) is 0.617. The standard InChI is InChI=1S/C22H24O3/c1-24-20-10-6-9-19(16-20)22(21(23)25-2)13-11-18(12-14-22)15-17-7-4-3-5-8-17/h3-10,15-16H,11-14H2,1-2H3. The molecule has 3 nitrogen and oxygen atoms in total. The molecule has 3 heteroatoms. The summed E-state index contributed by atoms with van der Waals surface area (Å²) in [5, 5.41) is 0. The van der Waals surface area contributed by atoms with Gasteiger partial charge < -0.3 is 9.47 Å². The molecule has 0 radical (unpaired) electrons. The lowest BCUT2D eigenvalue weighted by Crippen LogP contribution is -2.39. The number of allylic oxidation sites excluding steroid dienone is 1. The molecule has 0 spiro atoms. The van der Waals surface area contributed by atoms with Crippen molar-refractivity contribution >= 4 is 12.0 Å². The summed E-state index contributed by atoms with van der Waals surface area (Å²) in [6.07, 6.45) is 5.53. The minimum absolute atomic E-state index is 0.153. The van der Waals surface area contributed by atoms with Crippen LogP contribution in [0, 0.1) is 0 Å². The molecule has 1 aliphatic rings. The van der Waals surface area contributed by atoms with Crippen LogP contribution in [0.1, 0.15) is 36.8 Å². The van der Waals surface area contributed by atoms with E-state index in [1.165, 1.54) is 18.2 Å². The maximum Gasteiger partial charge on any atom is 0.316 e. The highest BCUT2D eigenvalue weighted by molar-refractivity contribution is 5.83. The zero-order chi connectivity index (χ0) is 17.7. The lowest BCUT2D eigenvalue weighted by atomic mass is 9.68. The van der Waals surface area contributed by atoms with Gasteiger partial charge in [0.25, 0.3) is 0 Å². The van der Waals surface area contributed by atoms with E-state index < -0.39 is 5.41 Å². The highest BCUT2D eigenvalue weighted by Gasteiger charge is 2.43. The Labute approximate surface area is 149 Å². The van der Waals surface area contributed by atoms with Crippen LogP contribution < -0.4 is 4.74 Å². The van der Waals surface area contributed by atoms with Crippen LogP contribution in [0.15, 0.2) is 60.2 Å². The van der Waals surface area contributed by atoms with E-state index in [9.17, 15) is 4.79 Å². The Morgan fingerprint density at radius 1 is 1.00 bits per heavy atom. The fourth-order valence-corrected chi connectivity index (χ4v) is 3.65. The van der Waals surface area contributed by atoms with Gasteiger partial charge in [-0.15, -0.1) is 0 Å². The average molecular weight is 336 g/mol. The summed E-state index contributed by atoms with van der Waals surface area (Å²) in [6.45, 7) is 0. The number of rotatable bonds is 4. The topological polar surface area (TPSA) is 35.5 Å². The minimum atomic E-state index is -0.586. The van der Waals surface area contributed by atoms with Crippen LogP contribution in [0.5, 0.6) is 5.75 Å². The van der Waals surface area contributed by atoms with E-state index >= 15 is 0 Å². The molecule has 1 fully saturated rings. The van der Waals surface area contributed by atoms with Crippen molar-refractivity contribution in [1.29, 1.82) is 0 Å². The van der Waals surface area contributed by atoms with Gasteiger partial charge in [0.1, 0.15) is 5.75 Å². The molecule has 0 N–H and O–H groups in total. The van der Waals surface area contributed by atoms with Crippen LogP contribution in [0.2, 0.25) is 0 Å². The fourth-order valence-electron chi connectivity index (χ4n) is 3.65. The molecule has 1 aliphatic carbocycles. The van der Waals surface area contributed by atoms with Crippen molar-refractivity contribution in [3.05, 3.63) is 71.3 Å². The molecular formula is C22H24O3. The Balaban J connectivity index is 1.87. The van der Waals surface area contributed by atoms with Crippen LogP contribution in [0.25, 0.3) is 6.08 Å². The highest BCUT2D eigenvalue weighted by atomic mass is 16.5. The lowest BCUT2D eigenvalue weighted by molar-refractivity contribution is -0.148. The third-order valence-electron chi connectivity index (χ3n) is 5.11. The highest BCUT2D eigenvalue weighted by Crippen LogP contribution is 2.43. The Kier molecular flexibility index (Phi) is 5.22. The Bertz CT molecular complexity index is 752. The lowest BCUT2D eigenvalue weighted by Gasteiger charge is -2.36. The van der Waals surface area contributed by atoms with E-state index in [0.717, 1.165) is 37.0 Å². The van der Waals surface area contributed by atoms with E-state index in [4.69, 9.17) is 9.47 Å². The quantitative estimate of drug-likeness (QED) is 0.755. The zero-order valence-corrected chi connectivity index (χ0v) is 14.8. The first-order valence-corrected chi connectivity index (χ1v) is 8.65. The number of methoxy groups -OCH3 is 2. The Morgan fingerprint density at radius 3 is 2.36 bits per heavy atom. The number of benzene rings is 2. The second kappa shape index (κ2) is 7.56. The number of carbonyl (C=O) groups excluding carboxylic acids is 1. The molecule has 25 heavy (non-hydrogen) atoms. The van der Waals surface area contributed by atoms with Gasteiger partial charge in [0.05, 0.1) is 19.6 Å². The second-order valence-electron chi connectivity index (χ2n) is 6.52. The number of hydrogen-bond donors (Lipinski definition) is 0. The zero-order valence-electron chi connectivity index (χ0n) is 14.8. The average Bonchev–Trinajstić information content (AvgIpc) is 2.69. The molecule has 3 rings (SSSR count). The van der Waals surface area contributed by atoms with Gasteiger partial charge in [-0.25, -0.2) is 0 Å². The summed E-state index contributed by atoms with van der Waals surface area (Å²) in [5.41, 5.74) is 2.99. The van der Waals surface area contributed by atoms with E-state index in [0.29, 0.717) is 0 Å². The summed E-state index contributed by atoms with van der Waals surface area (Å²) in [6, 6.07) is 18.1. The number of carbonyl (C=O) groups is 1. The number of esters is 1. The van der Waals surface area contributed by atoms with Gasteiger partial charge in [-0.05, 0) is 48.9 Å². The predicted octanol–water partition coefficient (Wildman–Crippen LogP) is 4.76. The molecule has 0 atom stereocenters. The molecule has 0 saturated heterocycles. The molecule has 130 valence electrons. The van der Waals surface area contributed by atoms with Crippen molar-refractivity contribution in [3.8, 4) is 5.75 Å². The van der Waals surface area contributed by atoms with Crippen molar-refractivity contribution in [1.82, 2.24) is 0 Å². The molecule has 0 unspecified atom stereocenters. The van der Waals surface area contributed by atoms with E-state index in [2.05, 4.69) is 18.2 Å². The van der Waals surface area contributed by atoms with Crippen LogP contribution in [0.3, 0.4) is 0 Å². The molecular weight excluding hydrogens is 312 g/mol. The van der Waals surface area contributed by atoms with Crippen molar-refractivity contribution in [2.75, 3.05) is 14.2 Å². The Hall–Kier alpha value is -2.55. The van der Waals surface area contributed by atoms with Crippen LogP contribution in [0.4, 0.5) is 0 Å². The summed E-state index contributed by atoms with van der Waals surface area (Å²) in [7, 11) is 3.12. The first-order chi connectivity index (χ1) is 12.2. The molecule has 0 bridgehead atoms. The SMILES string of the molecule is COC(=O)C1(c2cccc(OC)c2)CCC(=Cc2ccccc2)CC1. The summed E-state index contributed by atoms with van der Waals surface area (Å²) in [4.78, 5) is 12.7. The van der Waals surface area contributed by atoms with E-state index in [1.807, 2.05) is 42.5 Å². The fraction of sp³-hybridized carbons (Fsp3) is 0.318. The first-order valence-electron chi connectivity index (χ1n) is 8.65. The molecule has 0 heterocycles. The van der Waals surface area contributed by atoms with Gasteiger partial charge in [-0.2, -0.15) is 0 Å².